The molecule has 6 heteroatoms. The van der Waals surface area contributed by atoms with Gasteiger partial charge in [0, 0.05) is 36.6 Å². The van der Waals surface area contributed by atoms with Crippen molar-refractivity contribution in [2.24, 2.45) is 5.73 Å². The Morgan fingerprint density at radius 3 is 2.56 bits per heavy atom. The molecule has 1 fully saturated rings. The summed E-state index contributed by atoms with van der Waals surface area (Å²) in [5, 5.41) is 9.23. The van der Waals surface area contributed by atoms with Gasteiger partial charge in [-0.3, -0.25) is 4.90 Å². The van der Waals surface area contributed by atoms with Gasteiger partial charge in [0.1, 0.15) is 0 Å². The van der Waals surface area contributed by atoms with Crippen LogP contribution in [0, 0.1) is 0 Å². The predicted octanol–water partition coefficient (Wildman–Crippen LogP) is 2.85. The van der Waals surface area contributed by atoms with Gasteiger partial charge in [0.15, 0.2) is 0 Å². The molecule has 3 aromatic rings. The van der Waals surface area contributed by atoms with Gasteiger partial charge in [0.25, 0.3) is 0 Å². The molecule has 0 unspecified atom stereocenters. The van der Waals surface area contributed by atoms with E-state index in [1.165, 1.54) is 5.56 Å². The van der Waals surface area contributed by atoms with E-state index >= 15 is 0 Å². The summed E-state index contributed by atoms with van der Waals surface area (Å²) in [6.07, 6.45) is 1.96. The average molecular weight is 354 g/mol. The summed E-state index contributed by atoms with van der Waals surface area (Å²) in [5.41, 5.74) is 9.57. The van der Waals surface area contributed by atoms with Crippen LogP contribution in [-0.2, 0) is 6.54 Å². The molecule has 0 bridgehead atoms. The Hall–Kier alpha value is -2.21. The van der Waals surface area contributed by atoms with Gasteiger partial charge in [0.2, 0.25) is 0 Å². The Kier molecular flexibility index (Phi) is 4.53. The van der Waals surface area contributed by atoms with Crippen molar-refractivity contribution < 1.29 is 0 Å². The minimum atomic E-state index is 0.147. The van der Waals surface area contributed by atoms with Gasteiger partial charge < -0.3 is 5.73 Å². The summed E-state index contributed by atoms with van der Waals surface area (Å²) < 4.78 is 1.77. The van der Waals surface area contributed by atoms with E-state index < -0.39 is 0 Å². The van der Waals surface area contributed by atoms with E-state index in [1.807, 2.05) is 36.5 Å². The topological polar surface area (TPSA) is 60.0 Å². The first-order chi connectivity index (χ1) is 12.2. The van der Waals surface area contributed by atoms with E-state index in [0.717, 1.165) is 31.0 Å². The minimum absolute atomic E-state index is 0.147. The van der Waals surface area contributed by atoms with E-state index in [9.17, 15) is 0 Å². The first-order valence-electron chi connectivity index (χ1n) is 8.39. The lowest BCUT2D eigenvalue weighted by atomic mass is 9.95. The van der Waals surface area contributed by atoms with Crippen LogP contribution in [0.4, 0.5) is 0 Å². The number of halogens is 1. The SMILES string of the molecule is N[C@@H]1CN(Cc2cn(-c3ccc(Cl)cc3)nn2)C[C@H]1c1ccccc1. The Morgan fingerprint density at radius 1 is 1.04 bits per heavy atom. The summed E-state index contributed by atoms with van der Waals surface area (Å²) in [6.45, 7) is 2.57. The third kappa shape index (κ3) is 3.58. The van der Waals surface area contributed by atoms with Gasteiger partial charge in [-0.2, -0.15) is 0 Å². The summed E-state index contributed by atoms with van der Waals surface area (Å²) in [7, 11) is 0. The molecule has 2 atom stereocenters. The van der Waals surface area contributed by atoms with Crippen LogP contribution in [0.25, 0.3) is 5.69 Å². The van der Waals surface area contributed by atoms with E-state index in [0.29, 0.717) is 10.9 Å². The summed E-state index contributed by atoms with van der Waals surface area (Å²) in [4.78, 5) is 2.35. The molecule has 0 aliphatic carbocycles. The summed E-state index contributed by atoms with van der Waals surface area (Å²) in [5.74, 6) is 0.368. The monoisotopic (exact) mass is 353 g/mol. The summed E-state index contributed by atoms with van der Waals surface area (Å²) >= 11 is 5.93. The number of hydrogen-bond acceptors (Lipinski definition) is 4. The van der Waals surface area contributed by atoms with Gasteiger partial charge in [0.05, 0.1) is 17.6 Å². The summed E-state index contributed by atoms with van der Waals surface area (Å²) in [6, 6.07) is 18.2. The van der Waals surface area contributed by atoms with Crippen LogP contribution in [0.15, 0.2) is 60.8 Å². The molecule has 1 aliphatic heterocycles. The van der Waals surface area contributed by atoms with Crippen LogP contribution in [-0.4, -0.2) is 39.0 Å². The number of aromatic nitrogens is 3. The highest BCUT2D eigenvalue weighted by Gasteiger charge is 2.31. The predicted molar refractivity (Wildman–Crippen MR) is 98.8 cm³/mol. The molecule has 25 heavy (non-hydrogen) atoms. The second-order valence-electron chi connectivity index (χ2n) is 6.51. The fourth-order valence-electron chi connectivity index (χ4n) is 3.42. The second-order valence-corrected chi connectivity index (χ2v) is 6.94. The first kappa shape index (κ1) is 16.3. The average Bonchev–Trinajstić information content (AvgIpc) is 3.23. The van der Waals surface area contributed by atoms with Crippen molar-refractivity contribution in [2.75, 3.05) is 13.1 Å². The number of nitrogens with zero attached hydrogens (tertiary/aromatic N) is 4. The van der Waals surface area contributed by atoms with Crippen molar-refractivity contribution in [3.05, 3.63) is 77.1 Å². The third-order valence-electron chi connectivity index (χ3n) is 4.69. The lowest BCUT2D eigenvalue weighted by Gasteiger charge is -2.14. The highest BCUT2D eigenvalue weighted by molar-refractivity contribution is 6.30. The molecule has 2 aromatic carbocycles. The van der Waals surface area contributed by atoms with Crippen LogP contribution in [0.5, 0.6) is 0 Å². The first-order valence-corrected chi connectivity index (χ1v) is 8.77. The van der Waals surface area contributed by atoms with Crippen LogP contribution in [0.2, 0.25) is 5.02 Å². The molecule has 5 nitrogen and oxygen atoms in total. The zero-order valence-corrected chi connectivity index (χ0v) is 14.5. The minimum Gasteiger partial charge on any atom is -0.326 e. The van der Waals surface area contributed by atoms with Gasteiger partial charge in [-0.05, 0) is 29.8 Å². The van der Waals surface area contributed by atoms with Crippen LogP contribution >= 0.6 is 11.6 Å². The quantitative estimate of drug-likeness (QED) is 0.783. The van der Waals surface area contributed by atoms with Crippen molar-refractivity contribution in [3.63, 3.8) is 0 Å². The molecule has 0 radical (unpaired) electrons. The molecule has 1 aliphatic rings. The fourth-order valence-corrected chi connectivity index (χ4v) is 3.54. The third-order valence-corrected chi connectivity index (χ3v) is 4.94. The highest BCUT2D eigenvalue weighted by atomic mass is 35.5. The van der Waals surface area contributed by atoms with Crippen LogP contribution in [0.3, 0.4) is 0 Å². The molecule has 2 heterocycles. The molecule has 2 N–H and O–H groups in total. The second kappa shape index (κ2) is 6.96. The molecule has 0 amide bonds. The molecule has 1 saturated heterocycles. The van der Waals surface area contributed by atoms with Gasteiger partial charge in [-0.15, -0.1) is 5.10 Å². The molecular weight excluding hydrogens is 334 g/mol. The number of benzene rings is 2. The lowest BCUT2D eigenvalue weighted by molar-refractivity contribution is 0.319. The number of hydrogen-bond donors (Lipinski definition) is 1. The standard InChI is InChI=1S/C19H20ClN5/c20-15-6-8-17(9-7-15)25-11-16(22-23-25)10-24-12-18(19(21)13-24)14-4-2-1-3-5-14/h1-9,11,18-19H,10,12-13,21H2/t18-,19+/m0/s1. The maximum Gasteiger partial charge on any atom is 0.0971 e. The van der Waals surface area contributed by atoms with Gasteiger partial charge in [-0.25, -0.2) is 4.68 Å². The van der Waals surface area contributed by atoms with E-state index in [1.54, 1.807) is 4.68 Å². The fraction of sp³-hybridized carbons (Fsp3) is 0.263. The highest BCUT2D eigenvalue weighted by Crippen LogP contribution is 2.27. The number of likely N-dealkylation sites (tertiary alicyclic amines) is 1. The number of rotatable bonds is 4. The van der Waals surface area contributed by atoms with E-state index in [-0.39, 0.29) is 6.04 Å². The van der Waals surface area contributed by atoms with Crippen molar-refractivity contribution in [1.29, 1.82) is 0 Å². The molecule has 4 rings (SSSR count). The zero-order valence-electron chi connectivity index (χ0n) is 13.8. The van der Waals surface area contributed by atoms with Gasteiger partial charge in [-0.1, -0.05) is 47.1 Å². The van der Waals surface area contributed by atoms with Crippen molar-refractivity contribution in [2.45, 2.75) is 18.5 Å². The molecule has 0 saturated carbocycles. The van der Waals surface area contributed by atoms with Crippen molar-refractivity contribution in [3.8, 4) is 5.69 Å². The van der Waals surface area contributed by atoms with E-state index in [2.05, 4.69) is 39.5 Å². The Balaban J connectivity index is 1.44. The van der Waals surface area contributed by atoms with Crippen molar-refractivity contribution in [1.82, 2.24) is 19.9 Å². The van der Waals surface area contributed by atoms with Crippen molar-refractivity contribution >= 4 is 11.6 Å². The maximum absolute atomic E-state index is 6.37. The molecular formula is C19H20ClN5. The lowest BCUT2D eigenvalue weighted by Crippen LogP contribution is -2.28. The van der Waals surface area contributed by atoms with Gasteiger partial charge >= 0.3 is 0 Å². The van der Waals surface area contributed by atoms with E-state index in [4.69, 9.17) is 17.3 Å². The molecule has 0 spiro atoms. The van der Waals surface area contributed by atoms with Crippen LogP contribution in [0.1, 0.15) is 17.2 Å². The Morgan fingerprint density at radius 2 is 1.80 bits per heavy atom. The molecule has 1 aromatic heterocycles. The maximum atomic E-state index is 6.37. The van der Waals surface area contributed by atoms with Crippen LogP contribution < -0.4 is 5.73 Å². The smallest absolute Gasteiger partial charge is 0.0971 e. The number of nitrogens with two attached hydrogens (primary N) is 1. The molecule has 128 valence electrons. The zero-order chi connectivity index (χ0) is 17.2. The Labute approximate surface area is 152 Å². The largest absolute Gasteiger partial charge is 0.326 e. The Bertz CT molecular complexity index is 831. The normalized spacial score (nSPS) is 20.9.